The molecule has 0 aromatic rings. The van der Waals surface area contributed by atoms with Gasteiger partial charge in [-0.1, -0.05) is 6.42 Å². The summed E-state index contributed by atoms with van der Waals surface area (Å²) in [6.07, 6.45) is 9.19. The van der Waals surface area contributed by atoms with E-state index in [1.807, 2.05) is 0 Å². The van der Waals surface area contributed by atoms with Crippen molar-refractivity contribution in [2.24, 2.45) is 17.3 Å². The van der Waals surface area contributed by atoms with Crippen molar-refractivity contribution in [3.8, 4) is 0 Å². The first kappa shape index (κ1) is 7.37. The molecule has 3 fully saturated rings. The smallest absolute Gasteiger partial charge is 0.00106 e. The van der Waals surface area contributed by atoms with E-state index in [0.717, 1.165) is 17.3 Å². The molecular weight excluding hydrogens is 146 g/mol. The summed E-state index contributed by atoms with van der Waals surface area (Å²) in [5, 5.41) is 3.60. The Labute approximate surface area is 74.9 Å². The second kappa shape index (κ2) is 2.47. The van der Waals surface area contributed by atoms with Crippen molar-refractivity contribution in [2.45, 2.75) is 38.5 Å². The van der Waals surface area contributed by atoms with Crippen LogP contribution in [-0.4, -0.2) is 13.1 Å². The van der Waals surface area contributed by atoms with Crippen LogP contribution in [0.5, 0.6) is 0 Å². The van der Waals surface area contributed by atoms with Gasteiger partial charge in [-0.3, -0.25) is 0 Å². The Morgan fingerprint density at radius 1 is 1.25 bits per heavy atom. The fourth-order valence-electron chi connectivity index (χ4n) is 4.07. The topological polar surface area (TPSA) is 12.0 Å². The van der Waals surface area contributed by atoms with E-state index in [-0.39, 0.29) is 0 Å². The molecule has 3 aliphatic rings. The lowest BCUT2D eigenvalue weighted by atomic mass is 9.69. The lowest BCUT2D eigenvalue weighted by molar-refractivity contribution is 0.118. The molecule has 0 aromatic carbocycles. The Balaban J connectivity index is 1.81. The summed E-state index contributed by atoms with van der Waals surface area (Å²) in [7, 11) is 0. The van der Waals surface area contributed by atoms with Gasteiger partial charge >= 0.3 is 0 Å². The summed E-state index contributed by atoms with van der Waals surface area (Å²) in [5.41, 5.74) is 0.779. The fraction of sp³-hybridized carbons (Fsp3) is 1.00. The molecule has 2 saturated carbocycles. The SMILES string of the molecule is C1CNC[C@]2(C1)C[C@@H]1CCC2C1. The number of hydrogen-bond acceptors (Lipinski definition) is 1. The molecule has 0 aromatic heterocycles. The maximum absolute atomic E-state index is 3.60. The molecule has 1 aliphatic heterocycles. The second-order valence-corrected chi connectivity index (χ2v) is 5.22. The van der Waals surface area contributed by atoms with E-state index in [1.165, 1.54) is 25.9 Å². The minimum Gasteiger partial charge on any atom is -0.316 e. The molecule has 1 N–H and O–H groups in total. The molecule has 3 atom stereocenters. The average molecular weight is 165 g/mol. The quantitative estimate of drug-likeness (QED) is 0.580. The molecule has 1 spiro atoms. The van der Waals surface area contributed by atoms with Gasteiger partial charge in [0.2, 0.25) is 0 Å². The molecule has 12 heavy (non-hydrogen) atoms. The maximum Gasteiger partial charge on any atom is 0.00106 e. The van der Waals surface area contributed by atoms with E-state index < -0.39 is 0 Å². The molecule has 1 heterocycles. The predicted octanol–water partition coefficient (Wildman–Crippen LogP) is 2.18. The first-order valence-corrected chi connectivity index (χ1v) is 5.60. The van der Waals surface area contributed by atoms with E-state index in [4.69, 9.17) is 0 Å². The number of piperidine rings is 1. The fourth-order valence-corrected chi connectivity index (χ4v) is 4.07. The maximum atomic E-state index is 3.60. The zero-order valence-electron chi connectivity index (χ0n) is 7.81. The molecule has 1 saturated heterocycles. The van der Waals surface area contributed by atoms with Crippen molar-refractivity contribution < 1.29 is 0 Å². The highest BCUT2D eigenvalue weighted by molar-refractivity contribution is 5.02. The van der Waals surface area contributed by atoms with Gasteiger partial charge in [0.15, 0.2) is 0 Å². The van der Waals surface area contributed by atoms with Crippen molar-refractivity contribution in [2.75, 3.05) is 13.1 Å². The van der Waals surface area contributed by atoms with Crippen molar-refractivity contribution in [1.82, 2.24) is 5.32 Å². The van der Waals surface area contributed by atoms with Gasteiger partial charge in [-0.05, 0) is 55.9 Å². The Morgan fingerprint density at radius 2 is 2.25 bits per heavy atom. The van der Waals surface area contributed by atoms with Gasteiger partial charge in [0.05, 0.1) is 0 Å². The van der Waals surface area contributed by atoms with Crippen LogP contribution in [0.1, 0.15) is 38.5 Å². The zero-order valence-corrected chi connectivity index (χ0v) is 7.81. The lowest BCUT2D eigenvalue weighted by Crippen LogP contribution is -2.43. The van der Waals surface area contributed by atoms with Crippen molar-refractivity contribution in [3.63, 3.8) is 0 Å². The minimum atomic E-state index is 0.779. The van der Waals surface area contributed by atoms with Gasteiger partial charge in [-0.2, -0.15) is 0 Å². The Kier molecular flexibility index (Phi) is 1.52. The summed E-state index contributed by atoms with van der Waals surface area (Å²) in [5.74, 6) is 2.23. The zero-order chi connectivity index (χ0) is 8.02. The van der Waals surface area contributed by atoms with Crippen LogP contribution < -0.4 is 5.32 Å². The van der Waals surface area contributed by atoms with Crippen LogP contribution in [0.4, 0.5) is 0 Å². The van der Waals surface area contributed by atoms with E-state index in [0.29, 0.717) is 0 Å². The highest BCUT2D eigenvalue weighted by Crippen LogP contribution is 2.58. The van der Waals surface area contributed by atoms with Gasteiger partial charge in [0.1, 0.15) is 0 Å². The van der Waals surface area contributed by atoms with Gasteiger partial charge in [-0.25, -0.2) is 0 Å². The van der Waals surface area contributed by atoms with Crippen molar-refractivity contribution in [1.29, 1.82) is 0 Å². The van der Waals surface area contributed by atoms with Crippen LogP contribution in [0.15, 0.2) is 0 Å². The summed E-state index contributed by atoms with van der Waals surface area (Å²) in [6, 6.07) is 0. The predicted molar refractivity (Wildman–Crippen MR) is 50.0 cm³/mol. The van der Waals surface area contributed by atoms with Gasteiger partial charge < -0.3 is 5.32 Å². The van der Waals surface area contributed by atoms with Crippen molar-refractivity contribution in [3.05, 3.63) is 0 Å². The molecule has 3 rings (SSSR count). The van der Waals surface area contributed by atoms with Crippen LogP contribution in [0.3, 0.4) is 0 Å². The monoisotopic (exact) mass is 165 g/mol. The Bertz CT molecular complexity index is 181. The first-order chi connectivity index (χ1) is 5.89. The van der Waals surface area contributed by atoms with Crippen LogP contribution in [0, 0.1) is 17.3 Å². The van der Waals surface area contributed by atoms with Crippen LogP contribution in [0.25, 0.3) is 0 Å². The number of rotatable bonds is 0. The van der Waals surface area contributed by atoms with Gasteiger partial charge in [0, 0.05) is 6.54 Å². The van der Waals surface area contributed by atoms with E-state index >= 15 is 0 Å². The van der Waals surface area contributed by atoms with Gasteiger partial charge in [-0.15, -0.1) is 0 Å². The normalized spacial score (nSPS) is 52.0. The Hall–Kier alpha value is -0.0400. The number of fused-ring (bicyclic) bond motifs is 3. The third-order valence-corrected chi connectivity index (χ3v) is 4.61. The van der Waals surface area contributed by atoms with Gasteiger partial charge in [0.25, 0.3) is 0 Å². The third kappa shape index (κ3) is 0.891. The summed E-state index contributed by atoms with van der Waals surface area (Å²) < 4.78 is 0. The van der Waals surface area contributed by atoms with Crippen LogP contribution in [-0.2, 0) is 0 Å². The summed E-state index contributed by atoms with van der Waals surface area (Å²) in [6.45, 7) is 2.62. The van der Waals surface area contributed by atoms with E-state index in [9.17, 15) is 0 Å². The molecule has 2 aliphatic carbocycles. The molecule has 1 unspecified atom stereocenters. The summed E-state index contributed by atoms with van der Waals surface area (Å²) >= 11 is 0. The lowest BCUT2D eigenvalue weighted by Gasteiger charge is -2.41. The standard InChI is InChI=1S/C11H19N/c1-4-11(8-12-5-1)7-9-2-3-10(11)6-9/h9-10,12H,1-8H2/t9-,10?,11+/m1/s1. The van der Waals surface area contributed by atoms with Crippen LogP contribution in [0.2, 0.25) is 0 Å². The highest BCUT2D eigenvalue weighted by atomic mass is 14.9. The molecule has 68 valence electrons. The van der Waals surface area contributed by atoms with Crippen molar-refractivity contribution >= 4 is 0 Å². The molecule has 1 heteroatoms. The Morgan fingerprint density at radius 3 is 2.83 bits per heavy atom. The second-order valence-electron chi connectivity index (χ2n) is 5.22. The molecular formula is C11H19N. The number of hydrogen-bond donors (Lipinski definition) is 1. The minimum absolute atomic E-state index is 0.779. The number of nitrogens with one attached hydrogen (secondary N) is 1. The first-order valence-electron chi connectivity index (χ1n) is 5.60. The van der Waals surface area contributed by atoms with E-state index in [2.05, 4.69) is 5.32 Å². The average Bonchev–Trinajstić information content (AvgIpc) is 2.65. The molecule has 2 bridgehead atoms. The highest BCUT2D eigenvalue weighted by Gasteiger charge is 2.50. The third-order valence-electron chi connectivity index (χ3n) is 4.61. The van der Waals surface area contributed by atoms with E-state index in [1.54, 1.807) is 25.7 Å². The molecule has 0 radical (unpaired) electrons. The largest absolute Gasteiger partial charge is 0.316 e. The molecule has 1 nitrogen and oxygen atoms in total. The molecule has 0 amide bonds. The summed E-state index contributed by atoms with van der Waals surface area (Å²) in [4.78, 5) is 0. The van der Waals surface area contributed by atoms with Crippen LogP contribution >= 0.6 is 0 Å².